The van der Waals surface area contributed by atoms with Crippen LogP contribution in [0.4, 0.5) is 17.1 Å². The topological polar surface area (TPSA) is 42.4 Å². The van der Waals surface area contributed by atoms with Crippen molar-refractivity contribution in [1.29, 1.82) is 0 Å². The van der Waals surface area contributed by atoms with Gasteiger partial charge in [-0.3, -0.25) is 0 Å². The third-order valence-corrected chi connectivity index (χ3v) is 9.70. The second-order valence-corrected chi connectivity index (χ2v) is 12.8. The third-order valence-electron chi connectivity index (χ3n) is 9.70. The van der Waals surface area contributed by atoms with Crippen LogP contribution in [0.15, 0.2) is 191 Å². The summed E-state index contributed by atoms with van der Waals surface area (Å²) < 4.78 is 12.8. The van der Waals surface area contributed by atoms with Gasteiger partial charge in [0, 0.05) is 38.5 Å². The molecule has 0 amide bonds. The van der Waals surface area contributed by atoms with Gasteiger partial charge in [-0.2, -0.15) is 0 Å². The molecule has 4 nitrogen and oxygen atoms in total. The van der Waals surface area contributed by atoms with Crippen LogP contribution in [0.25, 0.3) is 77.5 Å². The van der Waals surface area contributed by atoms with Gasteiger partial charge in [0.05, 0.1) is 5.69 Å². The van der Waals surface area contributed by atoms with Gasteiger partial charge in [0.2, 0.25) is 5.89 Å². The van der Waals surface area contributed by atoms with Gasteiger partial charge in [0.25, 0.3) is 0 Å². The quantitative estimate of drug-likeness (QED) is 0.179. The van der Waals surface area contributed by atoms with Gasteiger partial charge in [0.1, 0.15) is 16.7 Å². The summed E-state index contributed by atoms with van der Waals surface area (Å²) in [6.45, 7) is 0. The lowest BCUT2D eigenvalue weighted by atomic mass is 10.0. The first-order valence-electron chi connectivity index (χ1n) is 17.1. The molecule has 240 valence electrons. The highest BCUT2D eigenvalue weighted by molar-refractivity contribution is 6.20. The van der Waals surface area contributed by atoms with Crippen molar-refractivity contribution >= 4 is 60.9 Å². The third kappa shape index (κ3) is 5.04. The molecule has 0 unspecified atom stereocenters. The smallest absolute Gasteiger partial charge is 0.227 e. The Morgan fingerprint density at radius 3 is 1.57 bits per heavy atom. The molecule has 8 aromatic carbocycles. The Hall–Kier alpha value is -6.91. The molecule has 51 heavy (non-hydrogen) atoms. The lowest BCUT2D eigenvalue weighted by molar-refractivity contribution is 0.619. The number of anilines is 3. The molecule has 0 saturated heterocycles. The number of oxazole rings is 1. The maximum Gasteiger partial charge on any atom is 0.227 e. The predicted molar refractivity (Wildman–Crippen MR) is 210 cm³/mol. The average Bonchev–Trinajstić information content (AvgIpc) is 3.81. The number of aromatic nitrogens is 1. The summed E-state index contributed by atoms with van der Waals surface area (Å²) in [5.74, 6) is 0.577. The van der Waals surface area contributed by atoms with Gasteiger partial charge in [-0.15, -0.1) is 0 Å². The fraction of sp³-hybridized carbons (Fsp3) is 0. The van der Waals surface area contributed by atoms with Crippen molar-refractivity contribution in [1.82, 2.24) is 4.98 Å². The van der Waals surface area contributed by atoms with Crippen molar-refractivity contribution in [2.24, 2.45) is 0 Å². The highest BCUT2D eigenvalue weighted by Gasteiger charge is 2.21. The van der Waals surface area contributed by atoms with E-state index in [4.69, 9.17) is 13.8 Å². The van der Waals surface area contributed by atoms with Crippen LogP contribution in [0.5, 0.6) is 0 Å². The molecule has 10 aromatic rings. The number of para-hydroxylation sites is 2. The van der Waals surface area contributed by atoms with Crippen molar-refractivity contribution in [3.8, 4) is 33.7 Å². The molecule has 0 aliphatic heterocycles. The first kappa shape index (κ1) is 29.0. The van der Waals surface area contributed by atoms with E-state index >= 15 is 0 Å². The number of fused-ring (bicyclic) bond motifs is 6. The number of hydrogen-bond donors (Lipinski definition) is 0. The molecule has 0 N–H and O–H groups in total. The van der Waals surface area contributed by atoms with Crippen LogP contribution in [0.1, 0.15) is 0 Å². The van der Waals surface area contributed by atoms with Crippen LogP contribution in [0.2, 0.25) is 0 Å². The van der Waals surface area contributed by atoms with E-state index in [1.807, 2.05) is 30.3 Å². The summed E-state index contributed by atoms with van der Waals surface area (Å²) in [7, 11) is 0. The van der Waals surface area contributed by atoms with E-state index in [0.29, 0.717) is 5.89 Å². The summed E-state index contributed by atoms with van der Waals surface area (Å²) >= 11 is 0. The molecular weight excluding hydrogens is 625 g/mol. The van der Waals surface area contributed by atoms with Crippen LogP contribution in [-0.4, -0.2) is 4.98 Å². The molecule has 2 heterocycles. The Labute approximate surface area is 294 Å². The Morgan fingerprint density at radius 2 is 0.922 bits per heavy atom. The zero-order valence-electron chi connectivity index (χ0n) is 27.5. The Morgan fingerprint density at radius 1 is 0.373 bits per heavy atom. The minimum atomic E-state index is 0.577. The van der Waals surface area contributed by atoms with Crippen LogP contribution in [0, 0.1) is 0 Å². The van der Waals surface area contributed by atoms with Crippen molar-refractivity contribution in [2.75, 3.05) is 4.90 Å². The highest BCUT2D eigenvalue weighted by Crippen LogP contribution is 2.45. The number of benzene rings is 8. The maximum atomic E-state index is 6.69. The lowest BCUT2D eigenvalue weighted by Crippen LogP contribution is -2.10. The fourth-order valence-electron chi connectivity index (χ4n) is 7.19. The van der Waals surface area contributed by atoms with Gasteiger partial charge in [-0.05, 0) is 82.9 Å². The van der Waals surface area contributed by atoms with Gasteiger partial charge in [0.15, 0.2) is 5.58 Å². The summed E-state index contributed by atoms with van der Waals surface area (Å²) in [6, 6.07) is 63.6. The van der Waals surface area contributed by atoms with Crippen LogP contribution >= 0.6 is 0 Å². The highest BCUT2D eigenvalue weighted by atomic mass is 16.3. The molecule has 2 aromatic heterocycles. The molecular formula is C47H30N2O2. The predicted octanol–water partition coefficient (Wildman–Crippen LogP) is 13.4. The number of rotatable bonds is 6. The van der Waals surface area contributed by atoms with Crippen LogP contribution in [-0.2, 0) is 0 Å². The minimum absolute atomic E-state index is 0.577. The minimum Gasteiger partial charge on any atom is -0.455 e. The second kappa shape index (κ2) is 11.9. The Bertz CT molecular complexity index is 2720. The number of furan rings is 1. The van der Waals surface area contributed by atoms with E-state index in [2.05, 4.69) is 157 Å². The standard InChI is InChI=1S/C47H30N2O2/c1-3-11-31(12-4-1)33-19-24-36(25-20-33)49(37-26-21-34(22-27-37)32-13-5-2-6-14-32)43-30-41-39-28-23-35(47-48-42-17-9-10-18-44(42)51-47)29-45(39)50-46(41)40-16-8-7-15-38(40)43/h1-30H. The summed E-state index contributed by atoms with van der Waals surface area (Å²) in [4.78, 5) is 7.09. The van der Waals surface area contributed by atoms with Crippen molar-refractivity contribution in [2.45, 2.75) is 0 Å². The molecule has 0 atom stereocenters. The van der Waals surface area contributed by atoms with Crippen LogP contribution in [0.3, 0.4) is 0 Å². The molecule has 0 saturated carbocycles. The fourth-order valence-corrected chi connectivity index (χ4v) is 7.19. The average molecular weight is 655 g/mol. The first-order chi connectivity index (χ1) is 25.3. The van der Waals surface area contributed by atoms with Gasteiger partial charge >= 0.3 is 0 Å². The van der Waals surface area contributed by atoms with Crippen molar-refractivity contribution in [3.63, 3.8) is 0 Å². The summed E-state index contributed by atoms with van der Waals surface area (Å²) in [5.41, 5.74) is 12.1. The number of nitrogens with zero attached hydrogens (tertiary/aromatic N) is 2. The van der Waals surface area contributed by atoms with Gasteiger partial charge in [-0.25, -0.2) is 4.98 Å². The monoisotopic (exact) mass is 654 g/mol. The van der Waals surface area contributed by atoms with E-state index < -0.39 is 0 Å². The zero-order chi connectivity index (χ0) is 33.7. The van der Waals surface area contributed by atoms with E-state index in [1.54, 1.807) is 0 Å². The SMILES string of the molecule is c1ccc(-c2ccc(N(c3ccc(-c4ccccc4)cc3)c3cc4c5ccc(-c6nc7ccccc7o6)cc5oc4c4ccccc34)cc2)cc1. The molecule has 0 radical (unpaired) electrons. The van der Waals surface area contributed by atoms with E-state index in [-0.39, 0.29) is 0 Å². The summed E-state index contributed by atoms with van der Waals surface area (Å²) in [6.07, 6.45) is 0. The van der Waals surface area contributed by atoms with E-state index in [0.717, 1.165) is 66.4 Å². The molecule has 0 aliphatic rings. The zero-order valence-corrected chi connectivity index (χ0v) is 27.5. The molecule has 0 spiro atoms. The van der Waals surface area contributed by atoms with Crippen molar-refractivity contribution in [3.05, 3.63) is 182 Å². The number of hydrogen-bond acceptors (Lipinski definition) is 4. The Kier molecular flexibility index (Phi) is 6.78. The van der Waals surface area contributed by atoms with Gasteiger partial charge < -0.3 is 13.7 Å². The lowest BCUT2D eigenvalue weighted by Gasteiger charge is -2.27. The van der Waals surface area contributed by atoms with Gasteiger partial charge in [-0.1, -0.05) is 121 Å². The van der Waals surface area contributed by atoms with E-state index in [9.17, 15) is 0 Å². The van der Waals surface area contributed by atoms with Crippen LogP contribution < -0.4 is 4.90 Å². The molecule has 0 bridgehead atoms. The maximum absolute atomic E-state index is 6.69. The molecule has 0 aliphatic carbocycles. The molecule has 4 heteroatoms. The molecule has 10 rings (SSSR count). The second-order valence-electron chi connectivity index (χ2n) is 12.8. The Balaban J connectivity index is 1.16. The normalized spacial score (nSPS) is 11.5. The van der Waals surface area contributed by atoms with Crippen molar-refractivity contribution < 1.29 is 8.83 Å². The summed E-state index contributed by atoms with van der Waals surface area (Å²) in [5, 5.41) is 4.24. The largest absolute Gasteiger partial charge is 0.455 e. The first-order valence-corrected chi connectivity index (χ1v) is 17.1. The molecule has 0 fully saturated rings. The van der Waals surface area contributed by atoms with E-state index in [1.165, 1.54) is 22.3 Å².